The Bertz CT molecular complexity index is 406. The number of hydrogen-bond acceptors (Lipinski definition) is 4. The van der Waals surface area contributed by atoms with Gasteiger partial charge in [-0.2, -0.15) is 0 Å². The van der Waals surface area contributed by atoms with E-state index in [1.807, 2.05) is 6.92 Å². The molecule has 0 saturated carbocycles. The predicted molar refractivity (Wildman–Crippen MR) is 68.9 cm³/mol. The van der Waals surface area contributed by atoms with Crippen LogP contribution in [-0.2, 0) is 22.0 Å². The highest BCUT2D eigenvalue weighted by atomic mass is 32.2. The Morgan fingerprint density at radius 3 is 2.82 bits per heavy atom. The first-order valence-electron chi connectivity index (χ1n) is 5.27. The molecule has 0 radical (unpaired) electrons. The molecular weight excluding hydrogens is 238 g/mol. The maximum atomic E-state index is 11.6. The van der Waals surface area contributed by atoms with Crippen molar-refractivity contribution in [2.75, 3.05) is 17.7 Å². The summed E-state index contributed by atoms with van der Waals surface area (Å²) in [5.41, 5.74) is 6.74. The zero-order chi connectivity index (χ0) is 12.8. The Hall–Kier alpha value is -1.43. The number of anilines is 1. The molecule has 0 fully saturated rings. The van der Waals surface area contributed by atoms with Crippen LogP contribution in [0.25, 0.3) is 0 Å². The molecule has 1 aromatic rings. The van der Waals surface area contributed by atoms with E-state index in [1.165, 1.54) is 6.20 Å². The van der Waals surface area contributed by atoms with Crippen molar-refractivity contribution in [1.82, 2.24) is 10.3 Å². The molecule has 17 heavy (non-hydrogen) atoms. The van der Waals surface area contributed by atoms with Crippen LogP contribution in [0, 0.1) is 0 Å². The van der Waals surface area contributed by atoms with Crippen molar-refractivity contribution < 1.29 is 9.00 Å². The van der Waals surface area contributed by atoms with Gasteiger partial charge in [0.25, 0.3) is 0 Å². The lowest BCUT2D eigenvalue weighted by molar-refractivity contribution is -0.120. The third kappa shape index (κ3) is 5.44. The SMILES string of the molecule is CC(CS(C)=O)NC(=O)Cc1ccc(N)cn1. The van der Waals surface area contributed by atoms with Crippen LogP contribution in [0.1, 0.15) is 12.6 Å². The summed E-state index contributed by atoms with van der Waals surface area (Å²) in [6, 6.07) is 3.33. The summed E-state index contributed by atoms with van der Waals surface area (Å²) in [5, 5.41) is 2.77. The van der Waals surface area contributed by atoms with Gasteiger partial charge < -0.3 is 11.1 Å². The number of carbonyl (C=O) groups excluding carboxylic acids is 1. The van der Waals surface area contributed by atoms with Crippen molar-refractivity contribution >= 4 is 22.4 Å². The van der Waals surface area contributed by atoms with Crippen LogP contribution in [0.2, 0.25) is 0 Å². The number of pyridine rings is 1. The molecule has 2 atom stereocenters. The number of nitrogens with two attached hydrogens (primary N) is 1. The quantitative estimate of drug-likeness (QED) is 0.781. The molecule has 0 aliphatic carbocycles. The van der Waals surface area contributed by atoms with E-state index in [9.17, 15) is 9.00 Å². The summed E-state index contributed by atoms with van der Waals surface area (Å²) in [4.78, 5) is 15.6. The highest BCUT2D eigenvalue weighted by molar-refractivity contribution is 7.84. The number of amides is 1. The fraction of sp³-hybridized carbons (Fsp3) is 0.455. The molecule has 3 N–H and O–H groups in total. The van der Waals surface area contributed by atoms with Crippen molar-refractivity contribution in [3.63, 3.8) is 0 Å². The second-order valence-electron chi connectivity index (χ2n) is 3.97. The topological polar surface area (TPSA) is 85.1 Å². The minimum atomic E-state index is -0.909. The Labute approximate surface area is 103 Å². The van der Waals surface area contributed by atoms with Gasteiger partial charge >= 0.3 is 0 Å². The van der Waals surface area contributed by atoms with E-state index in [4.69, 9.17) is 5.73 Å². The molecule has 1 amide bonds. The smallest absolute Gasteiger partial charge is 0.226 e. The van der Waals surface area contributed by atoms with E-state index in [-0.39, 0.29) is 18.4 Å². The summed E-state index contributed by atoms with van der Waals surface area (Å²) < 4.78 is 11.0. The number of rotatable bonds is 5. The first-order chi connectivity index (χ1) is 7.97. The monoisotopic (exact) mass is 255 g/mol. The van der Waals surface area contributed by atoms with Gasteiger partial charge in [-0.3, -0.25) is 14.0 Å². The Balaban J connectivity index is 2.44. The van der Waals surface area contributed by atoms with Crippen LogP contribution in [0.15, 0.2) is 18.3 Å². The Morgan fingerprint density at radius 1 is 1.59 bits per heavy atom. The predicted octanol–water partition coefficient (Wildman–Crippen LogP) is 0.0895. The van der Waals surface area contributed by atoms with Crippen molar-refractivity contribution in [2.45, 2.75) is 19.4 Å². The van der Waals surface area contributed by atoms with Crippen LogP contribution in [0.4, 0.5) is 5.69 Å². The average Bonchev–Trinajstić information content (AvgIpc) is 2.19. The van der Waals surface area contributed by atoms with E-state index < -0.39 is 10.8 Å². The van der Waals surface area contributed by atoms with Crippen LogP contribution in [0.5, 0.6) is 0 Å². The molecule has 94 valence electrons. The van der Waals surface area contributed by atoms with Gasteiger partial charge in [-0.05, 0) is 19.1 Å². The number of carbonyl (C=O) groups is 1. The van der Waals surface area contributed by atoms with E-state index in [1.54, 1.807) is 18.4 Å². The normalized spacial score (nSPS) is 14.0. The standard InChI is InChI=1S/C11H17N3O2S/c1-8(7-17(2)16)14-11(15)5-10-4-3-9(12)6-13-10/h3-4,6,8H,5,7,12H2,1-2H3,(H,14,15). The minimum absolute atomic E-state index is 0.0953. The molecule has 0 bridgehead atoms. The molecule has 0 aliphatic heterocycles. The molecule has 2 unspecified atom stereocenters. The van der Waals surface area contributed by atoms with Gasteiger partial charge in [0.1, 0.15) is 0 Å². The number of nitrogens with zero attached hydrogens (tertiary/aromatic N) is 1. The van der Waals surface area contributed by atoms with Crippen LogP contribution >= 0.6 is 0 Å². The lowest BCUT2D eigenvalue weighted by Crippen LogP contribution is -2.37. The average molecular weight is 255 g/mol. The van der Waals surface area contributed by atoms with E-state index >= 15 is 0 Å². The van der Waals surface area contributed by atoms with Gasteiger partial charge in [0.05, 0.1) is 18.3 Å². The summed E-state index contributed by atoms with van der Waals surface area (Å²) in [6.45, 7) is 1.83. The first kappa shape index (κ1) is 13.6. The Kier molecular flexibility index (Phi) is 5.09. The van der Waals surface area contributed by atoms with E-state index in [0.717, 1.165) is 0 Å². The van der Waals surface area contributed by atoms with Crippen molar-refractivity contribution in [3.05, 3.63) is 24.0 Å². The highest BCUT2D eigenvalue weighted by Crippen LogP contribution is 2.01. The van der Waals surface area contributed by atoms with Crippen LogP contribution in [0.3, 0.4) is 0 Å². The minimum Gasteiger partial charge on any atom is -0.397 e. The maximum Gasteiger partial charge on any atom is 0.226 e. The molecule has 1 heterocycles. The fourth-order valence-electron chi connectivity index (χ4n) is 1.42. The second kappa shape index (κ2) is 6.34. The molecule has 0 spiro atoms. The maximum absolute atomic E-state index is 11.6. The van der Waals surface area contributed by atoms with Crippen molar-refractivity contribution in [2.24, 2.45) is 0 Å². The molecule has 0 aromatic carbocycles. The van der Waals surface area contributed by atoms with Crippen molar-refractivity contribution in [3.8, 4) is 0 Å². The zero-order valence-electron chi connectivity index (χ0n) is 9.97. The zero-order valence-corrected chi connectivity index (χ0v) is 10.8. The van der Waals surface area contributed by atoms with E-state index in [0.29, 0.717) is 17.1 Å². The van der Waals surface area contributed by atoms with Gasteiger partial charge in [0, 0.05) is 34.5 Å². The molecule has 0 aliphatic rings. The number of aromatic nitrogens is 1. The van der Waals surface area contributed by atoms with Gasteiger partial charge in [0.15, 0.2) is 0 Å². The molecule has 6 heteroatoms. The number of nitrogen functional groups attached to an aromatic ring is 1. The lowest BCUT2D eigenvalue weighted by Gasteiger charge is -2.12. The van der Waals surface area contributed by atoms with Crippen molar-refractivity contribution in [1.29, 1.82) is 0 Å². The van der Waals surface area contributed by atoms with E-state index in [2.05, 4.69) is 10.3 Å². The molecule has 0 saturated heterocycles. The highest BCUT2D eigenvalue weighted by Gasteiger charge is 2.09. The lowest BCUT2D eigenvalue weighted by atomic mass is 10.2. The fourth-order valence-corrected chi connectivity index (χ4v) is 2.21. The second-order valence-corrected chi connectivity index (χ2v) is 5.45. The first-order valence-corrected chi connectivity index (χ1v) is 7.00. The van der Waals surface area contributed by atoms with Gasteiger partial charge in [0.2, 0.25) is 5.91 Å². The summed E-state index contributed by atoms with van der Waals surface area (Å²) in [7, 11) is -0.909. The third-order valence-electron chi connectivity index (χ3n) is 2.08. The van der Waals surface area contributed by atoms with Gasteiger partial charge in [-0.1, -0.05) is 0 Å². The summed E-state index contributed by atoms with van der Waals surface area (Å²) in [5.74, 6) is 0.334. The van der Waals surface area contributed by atoms with Crippen LogP contribution < -0.4 is 11.1 Å². The molecule has 1 aromatic heterocycles. The van der Waals surface area contributed by atoms with Crippen LogP contribution in [-0.4, -0.2) is 33.2 Å². The van der Waals surface area contributed by atoms with Gasteiger partial charge in [-0.25, -0.2) is 0 Å². The molecule has 5 nitrogen and oxygen atoms in total. The number of hydrogen-bond donors (Lipinski definition) is 2. The molecule has 1 rings (SSSR count). The van der Waals surface area contributed by atoms with Gasteiger partial charge in [-0.15, -0.1) is 0 Å². The summed E-state index contributed by atoms with van der Waals surface area (Å²) >= 11 is 0. The summed E-state index contributed by atoms with van der Waals surface area (Å²) in [6.07, 6.45) is 3.35. The largest absolute Gasteiger partial charge is 0.397 e. The third-order valence-corrected chi connectivity index (χ3v) is 3.05. The number of nitrogens with one attached hydrogen (secondary N) is 1. The molecular formula is C11H17N3O2S. The Morgan fingerprint density at radius 2 is 2.29 bits per heavy atom.